The molecule has 0 aliphatic carbocycles. The van der Waals surface area contributed by atoms with Crippen LogP contribution >= 0.6 is 11.3 Å². The van der Waals surface area contributed by atoms with Crippen LogP contribution in [0.15, 0.2) is 305 Å². The van der Waals surface area contributed by atoms with E-state index in [4.69, 9.17) is 23.7 Å². The second-order valence-electron chi connectivity index (χ2n) is 26.9. The van der Waals surface area contributed by atoms with Crippen molar-refractivity contribution in [3.8, 4) is 56.2 Å². The number of carbonyl (C=O) groups is 1. The first-order valence-electron chi connectivity index (χ1n) is 34.9. The lowest BCUT2D eigenvalue weighted by atomic mass is 9.72. The van der Waals surface area contributed by atoms with Crippen LogP contribution in [0.1, 0.15) is 73.3 Å². The van der Waals surface area contributed by atoms with Gasteiger partial charge >= 0.3 is 24.7 Å². The number of ether oxygens (including phenoxy) is 3. The number of nitrogens with zero attached hydrogens (tertiary/aromatic N) is 1. The molecule has 0 unspecified atom stereocenters. The normalized spacial score (nSPS) is 12.6. The molecule has 115 heavy (non-hydrogen) atoms. The zero-order chi connectivity index (χ0) is 82.7. The van der Waals surface area contributed by atoms with Gasteiger partial charge in [0.1, 0.15) is 39.5 Å². The number of hydrogen-bond acceptors (Lipinski definition) is 12. The molecule has 0 saturated carbocycles. The molecular weight excluding hydrogens is 1590 g/mol. The zero-order valence-corrected chi connectivity index (χ0v) is 63.9. The van der Waals surface area contributed by atoms with Crippen LogP contribution in [0.2, 0.25) is 0 Å². The lowest BCUT2D eigenvalue weighted by molar-refractivity contribution is -0.290. The smallest absolute Gasteiger partial charge is 0.411 e. The van der Waals surface area contributed by atoms with Crippen molar-refractivity contribution in [2.45, 2.75) is 94.6 Å². The predicted octanol–water partition coefficient (Wildman–Crippen LogP) is 23.4. The first-order chi connectivity index (χ1) is 54.2. The third kappa shape index (κ3) is 18.1. The lowest BCUT2D eigenvalue weighted by Gasteiger charge is -2.38. The van der Waals surface area contributed by atoms with Crippen molar-refractivity contribution in [3.05, 3.63) is 341 Å². The molecule has 1 heterocycles. The van der Waals surface area contributed by atoms with E-state index in [0.717, 1.165) is 104 Å². The number of halogens is 12. The predicted molar refractivity (Wildman–Crippen MR) is 412 cm³/mol. The Bertz CT molecular complexity index is 5920. The Morgan fingerprint density at radius 1 is 0.383 bits per heavy atom. The molecule has 0 bridgehead atoms. The number of hydrogen-bond donors (Lipinski definition) is 1. The number of alkyl halides is 12. The molecule has 0 atom stereocenters. The number of unbranched alkanes of at least 4 members (excludes halogenated alkanes) is 1. The summed E-state index contributed by atoms with van der Waals surface area (Å²) in [5.74, 6) is -0.508. The minimum atomic E-state index is -5.94. The number of thiazole rings is 1. The fraction of sp³-hybridized carbons (Fsp3) is 0.149. The molecule has 592 valence electrons. The van der Waals surface area contributed by atoms with E-state index in [2.05, 4.69) is 6.07 Å². The number of ketones is 1. The molecule has 0 amide bonds. The minimum Gasteiger partial charge on any atom is -0.457 e. The summed E-state index contributed by atoms with van der Waals surface area (Å²) in [6, 6.07) is 62.7. The van der Waals surface area contributed by atoms with Crippen molar-refractivity contribution < 1.29 is 101 Å². The van der Waals surface area contributed by atoms with Crippen molar-refractivity contribution >= 4 is 57.1 Å². The molecule has 28 heteroatoms. The number of carbonyl (C=O) groups excluding carboxylic acids is 1. The van der Waals surface area contributed by atoms with E-state index in [1.165, 1.54) is 109 Å². The molecule has 0 fully saturated rings. The lowest BCUT2D eigenvalue weighted by Crippen LogP contribution is -2.54. The van der Waals surface area contributed by atoms with Crippen LogP contribution < -0.4 is 14.2 Å². The fourth-order valence-corrected chi connectivity index (χ4v) is 16.7. The SMILES string of the molecule is CS(=O)(=O)O.Cc1ccc(S(=O)(=O)c2ccc(Oc3ccc(C(c4ccc(Oc5ccc(S(=O)(=O)c6ccc(CCCCc7ccc(C(c8ccc(Oc9ccc(C(=O)c%10ccc(-c%11ccc(C)c(-c%12nc%13ccccc%13s%12)c%11)cc%10)cc9)cc8)(C(F)(F)F)C(F)(F)F)cc7)cc6)cc5)cc4)(C(F)(F)F)C(F)(F)F)cc3)cc2)cc1. The second kappa shape index (κ2) is 32.8. The first kappa shape index (κ1) is 83.0. The molecule has 12 aromatic carbocycles. The van der Waals surface area contributed by atoms with E-state index in [1.807, 2.05) is 55.5 Å². The van der Waals surface area contributed by atoms with Crippen molar-refractivity contribution in [2.24, 2.45) is 0 Å². The van der Waals surface area contributed by atoms with Gasteiger partial charge in [-0.05, 0) is 241 Å². The zero-order valence-electron chi connectivity index (χ0n) is 60.6. The molecule has 0 aliphatic rings. The van der Waals surface area contributed by atoms with Crippen LogP contribution in [0.5, 0.6) is 34.5 Å². The van der Waals surface area contributed by atoms with Crippen molar-refractivity contribution in [3.63, 3.8) is 0 Å². The van der Waals surface area contributed by atoms with E-state index in [0.29, 0.717) is 72.0 Å². The average molecular weight is 1660 g/mol. The van der Waals surface area contributed by atoms with Crippen molar-refractivity contribution in [2.75, 3.05) is 6.26 Å². The molecule has 0 spiro atoms. The summed E-state index contributed by atoms with van der Waals surface area (Å²) in [7, 11) is -11.7. The maximum atomic E-state index is 15.2. The van der Waals surface area contributed by atoms with Crippen LogP contribution in [0, 0.1) is 13.8 Å². The highest BCUT2D eigenvalue weighted by Crippen LogP contribution is 2.58. The maximum absolute atomic E-state index is 15.2. The highest BCUT2D eigenvalue weighted by molar-refractivity contribution is 7.91. The molecule has 12 nitrogen and oxygen atoms in total. The highest BCUT2D eigenvalue weighted by Gasteiger charge is 2.73. The Morgan fingerprint density at radius 2 is 0.678 bits per heavy atom. The maximum Gasteiger partial charge on any atom is 0.411 e. The number of aryl methyl sites for hydroxylation is 4. The average Bonchev–Trinajstić information content (AvgIpc) is 0.910. The number of rotatable bonds is 23. The van der Waals surface area contributed by atoms with Gasteiger partial charge < -0.3 is 14.2 Å². The largest absolute Gasteiger partial charge is 0.457 e. The van der Waals surface area contributed by atoms with E-state index < -0.39 is 87.6 Å². The number of para-hydroxylation sites is 1. The molecule has 13 aromatic rings. The highest BCUT2D eigenvalue weighted by atomic mass is 32.2. The molecule has 0 saturated heterocycles. The summed E-state index contributed by atoms with van der Waals surface area (Å²) >= 11 is 1.61. The fourth-order valence-electron chi connectivity index (χ4n) is 13.1. The van der Waals surface area contributed by atoms with Crippen LogP contribution in [0.3, 0.4) is 0 Å². The molecule has 1 aromatic heterocycles. The van der Waals surface area contributed by atoms with E-state index in [1.54, 1.807) is 54.7 Å². The second-order valence-corrected chi connectivity index (χ2v) is 33.3. The molecule has 1 N–H and O–H groups in total. The number of sulfone groups is 2. The van der Waals surface area contributed by atoms with Crippen LogP contribution in [0.25, 0.3) is 31.9 Å². The van der Waals surface area contributed by atoms with Gasteiger partial charge in [0.25, 0.3) is 10.1 Å². The van der Waals surface area contributed by atoms with Crippen LogP contribution in [-0.4, -0.2) is 71.5 Å². The van der Waals surface area contributed by atoms with Crippen LogP contribution in [0.4, 0.5) is 52.7 Å². The Hall–Kier alpha value is -11.4. The van der Waals surface area contributed by atoms with Gasteiger partial charge in [-0.3, -0.25) is 9.35 Å². The van der Waals surface area contributed by atoms with E-state index >= 15 is 52.7 Å². The summed E-state index contributed by atoms with van der Waals surface area (Å²) in [5, 5.41) is 0.898. The van der Waals surface area contributed by atoms with Gasteiger partial charge in [-0.2, -0.15) is 61.1 Å². The van der Waals surface area contributed by atoms with E-state index in [9.17, 15) is 30.0 Å². The van der Waals surface area contributed by atoms with Gasteiger partial charge in [-0.1, -0.05) is 139 Å². The summed E-state index contributed by atoms with van der Waals surface area (Å²) in [5.41, 5.74) is -5.97. The van der Waals surface area contributed by atoms with Gasteiger partial charge in [0.2, 0.25) is 30.5 Å². The Kier molecular flexibility index (Phi) is 23.7. The number of fused-ring (bicyclic) bond motifs is 1. The minimum absolute atomic E-state index is 0.0185. The summed E-state index contributed by atoms with van der Waals surface area (Å²) < 4.78 is 280. The molecule has 0 radical (unpaired) electrons. The molecular formula is C87H65F12NO11S4. The van der Waals surface area contributed by atoms with Gasteiger partial charge in [0.05, 0.1) is 36.1 Å². The quantitative estimate of drug-likeness (QED) is 0.0277. The van der Waals surface area contributed by atoms with Gasteiger partial charge in [-0.15, -0.1) is 11.3 Å². The van der Waals surface area contributed by atoms with Crippen LogP contribution in [-0.2, 0) is 53.5 Å². The van der Waals surface area contributed by atoms with Gasteiger partial charge in [0.15, 0.2) is 5.78 Å². The number of benzene rings is 12. The van der Waals surface area contributed by atoms with Gasteiger partial charge in [0, 0.05) is 16.7 Å². The van der Waals surface area contributed by atoms with E-state index in [-0.39, 0.29) is 66.3 Å². The van der Waals surface area contributed by atoms with Crippen molar-refractivity contribution in [1.82, 2.24) is 4.98 Å². The summed E-state index contributed by atoms with van der Waals surface area (Å²) in [6.07, 6.45) is -21.3. The third-order valence-electron chi connectivity index (χ3n) is 19.0. The standard InChI is InChI=1S/C86H61F12NO8S3.CH4O3S/c1-54-11-45-72(46-12-54)109(101,102)74-49-41-70(42-50-74)106-68-37-29-64(30-38-68)82(85(93,94)95,86(96,97)98)65-31-39-69(40-32-65)107-71-43-51-75(52-44-71)110(103,104)73-47-16-57(17-48-73)8-4-3-7-56-14-25-62(26-15-56)81(83(87,88)89,84(90,91)92)63-27-35-67(36-28-63)105-66-33-23-60(24-34-66)79(100)59-21-19-58(20-22-59)61-18-13-55(2)76(53-61)80-99-77-9-5-6-10-78(77)108-80;1-5(2,3)4/h5-6,9-53H,3-4,7-8H2,1-2H3;1H3,(H,2,3,4). The first-order valence-corrected chi connectivity index (χ1v) is 40.6. The topological polar surface area (TPSA) is 180 Å². The third-order valence-corrected chi connectivity index (χ3v) is 23.7. The van der Waals surface area contributed by atoms with Gasteiger partial charge in [-0.25, -0.2) is 21.8 Å². The number of aromatic nitrogens is 1. The van der Waals surface area contributed by atoms with Crippen molar-refractivity contribution in [1.29, 1.82) is 0 Å². The molecule has 13 rings (SSSR count). The Labute approximate surface area is 657 Å². The Balaban J connectivity index is 0.00000237. The summed E-state index contributed by atoms with van der Waals surface area (Å²) in [6.45, 7) is 3.81. The summed E-state index contributed by atoms with van der Waals surface area (Å²) in [4.78, 5) is 18.1. The Morgan fingerprint density at radius 3 is 1.03 bits per heavy atom. The molecule has 0 aliphatic heterocycles. The monoisotopic (exact) mass is 1660 g/mol.